The van der Waals surface area contributed by atoms with Crippen molar-refractivity contribution in [3.63, 3.8) is 0 Å². The molecule has 0 spiro atoms. The number of hydrogen-bond donors (Lipinski definition) is 1. The van der Waals surface area contributed by atoms with E-state index in [9.17, 15) is 4.79 Å². The number of nitrogens with one attached hydrogen (secondary N) is 1. The van der Waals surface area contributed by atoms with Crippen LogP contribution in [0.3, 0.4) is 0 Å². The Balaban J connectivity index is 1.56. The summed E-state index contributed by atoms with van der Waals surface area (Å²) in [7, 11) is 0. The smallest absolute Gasteiger partial charge is 0.224 e. The molecule has 1 heterocycles. The number of benzene rings is 3. The monoisotopic (exact) mass is 366 g/mol. The highest BCUT2D eigenvalue weighted by Gasteiger charge is 2.13. The fourth-order valence-corrected chi connectivity index (χ4v) is 3.22. The third kappa shape index (κ3) is 3.62. The van der Waals surface area contributed by atoms with Crippen molar-refractivity contribution in [3.8, 4) is 11.8 Å². The molecule has 0 fully saturated rings. The molecule has 0 atom stereocenters. The summed E-state index contributed by atoms with van der Waals surface area (Å²) in [4.78, 5) is 17.2. The zero-order valence-corrected chi connectivity index (χ0v) is 15.2. The Bertz CT molecular complexity index is 1170. The Morgan fingerprint density at radius 2 is 1.79 bits per heavy atom. The zero-order valence-electron chi connectivity index (χ0n) is 15.2. The molecule has 28 heavy (non-hydrogen) atoms. The molecule has 0 saturated carbocycles. The number of amides is 1. The second-order valence-electron chi connectivity index (χ2n) is 6.43. The molecule has 1 amide bonds. The van der Waals surface area contributed by atoms with Gasteiger partial charge in [0.2, 0.25) is 5.91 Å². The molecule has 0 bridgehead atoms. The number of nitriles is 1. The number of carbonyl (C=O) groups is 1. The lowest BCUT2D eigenvalue weighted by Crippen LogP contribution is -2.14. The first-order chi connectivity index (χ1) is 13.7. The summed E-state index contributed by atoms with van der Waals surface area (Å²) in [5.41, 5.74) is 4.09. The number of rotatable bonds is 5. The third-order valence-corrected chi connectivity index (χ3v) is 4.50. The minimum atomic E-state index is -0.109. The van der Waals surface area contributed by atoms with Gasteiger partial charge >= 0.3 is 0 Å². The van der Waals surface area contributed by atoms with Crippen molar-refractivity contribution in [2.24, 2.45) is 0 Å². The lowest BCUT2D eigenvalue weighted by molar-refractivity contribution is -0.116. The summed E-state index contributed by atoms with van der Waals surface area (Å²) in [6, 6.07) is 27.0. The van der Waals surface area contributed by atoms with Gasteiger partial charge < -0.3 is 5.32 Å². The topological polar surface area (TPSA) is 70.7 Å². The first-order valence-corrected chi connectivity index (χ1v) is 9.06. The molecule has 0 aliphatic carbocycles. The van der Waals surface area contributed by atoms with Gasteiger partial charge in [-0.25, -0.2) is 4.98 Å². The Hall–Kier alpha value is -3.91. The lowest BCUT2D eigenvalue weighted by atomic mass is 10.2. The number of anilines is 1. The molecule has 1 aromatic heterocycles. The number of nitrogens with zero attached hydrogens (tertiary/aromatic N) is 3. The standard InChI is InChI=1S/C23H18N4O/c24-16-17-7-6-8-18(15-17)25-23(28)14-13-22-26-20-11-4-5-12-21(20)27(22)19-9-2-1-3-10-19/h1-12,15H,13-14H2,(H,25,28). The van der Waals surface area contributed by atoms with Crippen molar-refractivity contribution >= 4 is 22.6 Å². The van der Waals surface area contributed by atoms with Gasteiger partial charge in [0.05, 0.1) is 22.7 Å². The second kappa shape index (κ2) is 7.77. The first-order valence-electron chi connectivity index (χ1n) is 9.06. The number of fused-ring (bicyclic) bond motifs is 1. The van der Waals surface area contributed by atoms with E-state index in [-0.39, 0.29) is 5.91 Å². The predicted molar refractivity (Wildman–Crippen MR) is 109 cm³/mol. The van der Waals surface area contributed by atoms with E-state index in [2.05, 4.69) is 16.0 Å². The molecular weight excluding hydrogens is 348 g/mol. The first kappa shape index (κ1) is 17.5. The number of aromatic nitrogens is 2. The average Bonchev–Trinajstić information content (AvgIpc) is 3.11. The van der Waals surface area contributed by atoms with Crippen LogP contribution in [-0.2, 0) is 11.2 Å². The number of para-hydroxylation sites is 3. The fourth-order valence-electron chi connectivity index (χ4n) is 3.22. The van der Waals surface area contributed by atoms with Gasteiger partial charge in [-0.15, -0.1) is 0 Å². The number of aryl methyl sites for hydroxylation is 1. The highest BCUT2D eigenvalue weighted by molar-refractivity contribution is 5.91. The maximum Gasteiger partial charge on any atom is 0.224 e. The van der Waals surface area contributed by atoms with Crippen LogP contribution < -0.4 is 5.32 Å². The molecule has 0 radical (unpaired) electrons. The van der Waals surface area contributed by atoms with Crippen molar-refractivity contribution in [2.45, 2.75) is 12.8 Å². The van der Waals surface area contributed by atoms with E-state index in [1.54, 1.807) is 24.3 Å². The van der Waals surface area contributed by atoms with Crippen LogP contribution in [-0.4, -0.2) is 15.5 Å². The van der Waals surface area contributed by atoms with Gasteiger partial charge in [0.25, 0.3) is 0 Å². The normalized spacial score (nSPS) is 10.5. The Morgan fingerprint density at radius 1 is 1.00 bits per heavy atom. The second-order valence-corrected chi connectivity index (χ2v) is 6.43. The summed E-state index contributed by atoms with van der Waals surface area (Å²) in [5, 5.41) is 11.8. The maximum absolute atomic E-state index is 12.4. The summed E-state index contributed by atoms with van der Waals surface area (Å²) < 4.78 is 2.10. The molecule has 0 aliphatic rings. The molecular formula is C23H18N4O. The molecule has 0 aliphatic heterocycles. The summed E-state index contributed by atoms with van der Waals surface area (Å²) in [6.07, 6.45) is 0.806. The van der Waals surface area contributed by atoms with E-state index in [0.717, 1.165) is 22.5 Å². The molecule has 4 aromatic rings. The van der Waals surface area contributed by atoms with Crippen LogP contribution in [0.2, 0.25) is 0 Å². The quantitative estimate of drug-likeness (QED) is 0.566. The molecule has 5 nitrogen and oxygen atoms in total. The molecule has 0 saturated heterocycles. The van der Waals surface area contributed by atoms with Gasteiger partial charge in [-0.1, -0.05) is 36.4 Å². The van der Waals surface area contributed by atoms with Gasteiger partial charge in [0.1, 0.15) is 5.82 Å². The summed E-state index contributed by atoms with van der Waals surface area (Å²) >= 11 is 0. The largest absolute Gasteiger partial charge is 0.326 e. The van der Waals surface area contributed by atoms with Gasteiger partial charge in [-0.2, -0.15) is 5.26 Å². The van der Waals surface area contributed by atoms with Gasteiger partial charge in [-0.3, -0.25) is 9.36 Å². The van der Waals surface area contributed by atoms with E-state index in [1.165, 1.54) is 0 Å². The third-order valence-electron chi connectivity index (χ3n) is 4.50. The van der Waals surface area contributed by atoms with Gasteiger partial charge in [0, 0.05) is 24.2 Å². The molecule has 3 aromatic carbocycles. The molecule has 5 heteroatoms. The lowest BCUT2D eigenvalue weighted by Gasteiger charge is -2.10. The van der Waals surface area contributed by atoms with Crippen molar-refractivity contribution in [1.82, 2.24) is 9.55 Å². The van der Waals surface area contributed by atoms with Crippen molar-refractivity contribution in [2.75, 3.05) is 5.32 Å². The van der Waals surface area contributed by atoms with Crippen LogP contribution >= 0.6 is 0 Å². The van der Waals surface area contributed by atoms with Crippen LogP contribution in [0.25, 0.3) is 16.7 Å². The van der Waals surface area contributed by atoms with Crippen LogP contribution in [0.4, 0.5) is 5.69 Å². The van der Waals surface area contributed by atoms with E-state index in [1.807, 2.05) is 54.6 Å². The summed E-state index contributed by atoms with van der Waals surface area (Å²) in [5.74, 6) is 0.732. The van der Waals surface area contributed by atoms with Crippen LogP contribution in [0.1, 0.15) is 17.8 Å². The number of carbonyl (C=O) groups excluding carboxylic acids is 1. The predicted octanol–water partition coefficient (Wildman–Crippen LogP) is 4.47. The van der Waals surface area contributed by atoms with E-state index in [4.69, 9.17) is 10.2 Å². The van der Waals surface area contributed by atoms with Crippen molar-refractivity contribution < 1.29 is 4.79 Å². The SMILES string of the molecule is N#Cc1cccc(NC(=O)CCc2nc3ccccc3n2-c2ccccc2)c1. The van der Waals surface area contributed by atoms with E-state index >= 15 is 0 Å². The maximum atomic E-state index is 12.4. The Morgan fingerprint density at radius 3 is 2.61 bits per heavy atom. The Kier molecular flexibility index (Phi) is 4.85. The van der Waals surface area contributed by atoms with E-state index in [0.29, 0.717) is 24.1 Å². The highest BCUT2D eigenvalue weighted by Crippen LogP contribution is 2.22. The number of imidazole rings is 1. The molecule has 136 valence electrons. The minimum Gasteiger partial charge on any atom is -0.326 e. The van der Waals surface area contributed by atoms with Crippen LogP contribution in [0.15, 0.2) is 78.9 Å². The Labute approximate surface area is 162 Å². The van der Waals surface area contributed by atoms with Crippen molar-refractivity contribution in [1.29, 1.82) is 5.26 Å². The van der Waals surface area contributed by atoms with Crippen LogP contribution in [0, 0.1) is 11.3 Å². The molecule has 4 rings (SSSR count). The van der Waals surface area contributed by atoms with Gasteiger partial charge in [-0.05, 0) is 42.5 Å². The highest BCUT2D eigenvalue weighted by atomic mass is 16.1. The molecule has 0 unspecified atom stereocenters. The average molecular weight is 366 g/mol. The number of hydrogen-bond acceptors (Lipinski definition) is 3. The van der Waals surface area contributed by atoms with Crippen LogP contribution in [0.5, 0.6) is 0 Å². The van der Waals surface area contributed by atoms with Crippen molar-refractivity contribution in [3.05, 3.63) is 90.3 Å². The summed E-state index contributed by atoms with van der Waals surface area (Å²) in [6.45, 7) is 0. The molecule has 1 N–H and O–H groups in total. The zero-order chi connectivity index (χ0) is 19.3. The minimum absolute atomic E-state index is 0.109. The fraction of sp³-hybridized carbons (Fsp3) is 0.0870. The van der Waals surface area contributed by atoms with Gasteiger partial charge in [0.15, 0.2) is 0 Å². The van der Waals surface area contributed by atoms with E-state index < -0.39 is 0 Å².